The minimum Gasteiger partial charge on any atom is -0.358 e. The molecule has 0 unspecified atom stereocenters. The van der Waals surface area contributed by atoms with Crippen LogP contribution in [0.1, 0.15) is 24.1 Å². The van der Waals surface area contributed by atoms with Crippen LogP contribution in [-0.4, -0.2) is 41.1 Å². The molecule has 1 aromatic carbocycles. The third kappa shape index (κ3) is 2.92. The number of benzene rings is 1. The Hall–Kier alpha value is -1.91. The summed E-state index contributed by atoms with van der Waals surface area (Å²) in [6.07, 6.45) is 2.40. The number of hydrogen-bond donors (Lipinski definition) is 0. The number of hydrogen-bond acceptors (Lipinski definition) is 4. The number of nitrogens with zero attached hydrogens (tertiary/aromatic N) is 4. The number of halogens is 2. The minimum atomic E-state index is 0.424. The third-order valence-electron chi connectivity index (χ3n) is 4.29. The largest absolute Gasteiger partial charge is 0.358 e. The standard InChI is InChI=1S/C18H16Cl2N4/c19-13-6-2-1-5-12(13)17-18-14(7-8-15(20)23-18)22-16(11-21-17)24-9-3-4-10-24/h1-2,5-8H,3-4,9-11H2. The van der Waals surface area contributed by atoms with Crippen LogP contribution in [-0.2, 0) is 0 Å². The first kappa shape index (κ1) is 15.6. The quantitative estimate of drug-likeness (QED) is 0.710. The Balaban J connectivity index is 1.85. The highest BCUT2D eigenvalue weighted by molar-refractivity contribution is 6.36. The molecule has 122 valence electrons. The second-order valence-corrected chi connectivity index (χ2v) is 6.66. The summed E-state index contributed by atoms with van der Waals surface area (Å²) in [6.45, 7) is 2.59. The lowest BCUT2D eigenvalue weighted by Crippen LogP contribution is -2.29. The Morgan fingerprint density at radius 3 is 2.54 bits per heavy atom. The molecule has 0 spiro atoms. The molecule has 4 rings (SSSR count). The molecular formula is C18H16Cl2N4. The summed E-state index contributed by atoms with van der Waals surface area (Å²) in [5.41, 5.74) is 3.08. The van der Waals surface area contributed by atoms with E-state index in [0.717, 1.165) is 35.9 Å². The van der Waals surface area contributed by atoms with Crippen molar-refractivity contribution in [2.45, 2.75) is 12.8 Å². The van der Waals surface area contributed by atoms with E-state index in [1.54, 1.807) is 6.07 Å². The third-order valence-corrected chi connectivity index (χ3v) is 4.83. The van der Waals surface area contributed by atoms with Crippen molar-refractivity contribution in [2.75, 3.05) is 19.6 Å². The van der Waals surface area contributed by atoms with E-state index in [0.29, 0.717) is 22.4 Å². The van der Waals surface area contributed by atoms with E-state index in [9.17, 15) is 0 Å². The van der Waals surface area contributed by atoms with Gasteiger partial charge in [0.25, 0.3) is 0 Å². The van der Waals surface area contributed by atoms with Crippen molar-refractivity contribution in [1.29, 1.82) is 0 Å². The maximum atomic E-state index is 6.39. The number of pyridine rings is 1. The van der Waals surface area contributed by atoms with Gasteiger partial charge in [-0.3, -0.25) is 4.99 Å². The van der Waals surface area contributed by atoms with E-state index in [1.165, 1.54) is 12.8 Å². The van der Waals surface area contributed by atoms with Gasteiger partial charge in [-0.2, -0.15) is 0 Å². The molecular weight excluding hydrogens is 343 g/mol. The van der Waals surface area contributed by atoms with Gasteiger partial charge in [-0.05, 0) is 31.0 Å². The predicted molar refractivity (Wildman–Crippen MR) is 99.1 cm³/mol. The molecule has 24 heavy (non-hydrogen) atoms. The first-order valence-corrected chi connectivity index (χ1v) is 8.77. The summed E-state index contributed by atoms with van der Waals surface area (Å²) in [4.78, 5) is 16.4. The smallest absolute Gasteiger partial charge is 0.130 e. The lowest BCUT2D eigenvalue weighted by molar-refractivity contribution is 0.513. The second-order valence-electron chi connectivity index (χ2n) is 5.87. The van der Waals surface area contributed by atoms with Gasteiger partial charge >= 0.3 is 0 Å². The van der Waals surface area contributed by atoms with Gasteiger partial charge in [0, 0.05) is 18.7 Å². The molecule has 2 aromatic rings. The van der Waals surface area contributed by atoms with Crippen molar-refractivity contribution < 1.29 is 0 Å². The van der Waals surface area contributed by atoms with Crippen LogP contribution in [0, 0.1) is 0 Å². The summed E-state index contributed by atoms with van der Waals surface area (Å²) in [7, 11) is 0. The minimum absolute atomic E-state index is 0.424. The van der Waals surface area contributed by atoms with Crippen LogP contribution in [0.5, 0.6) is 0 Å². The van der Waals surface area contributed by atoms with Crippen LogP contribution >= 0.6 is 23.2 Å². The highest BCUT2D eigenvalue weighted by Crippen LogP contribution is 2.29. The number of rotatable bonds is 1. The van der Waals surface area contributed by atoms with Crippen molar-refractivity contribution in [3.05, 3.63) is 57.8 Å². The Labute approximate surface area is 150 Å². The Morgan fingerprint density at radius 1 is 0.958 bits per heavy atom. The lowest BCUT2D eigenvalue weighted by atomic mass is 10.1. The van der Waals surface area contributed by atoms with E-state index in [-0.39, 0.29) is 0 Å². The SMILES string of the molecule is Clc1ccc2c(n1)C(c1ccccc1Cl)=NCC(N1CCCC1)=N2. The molecule has 1 fully saturated rings. The number of likely N-dealkylation sites (tertiary alicyclic amines) is 1. The van der Waals surface area contributed by atoms with Crippen LogP contribution in [0.2, 0.25) is 10.2 Å². The predicted octanol–water partition coefficient (Wildman–Crippen LogP) is 4.37. The van der Waals surface area contributed by atoms with Crippen molar-refractivity contribution in [3.8, 4) is 0 Å². The summed E-state index contributed by atoms with van der Waals surface area (Å²) in [5, 5.41) is 1.07. The Kier molecular flexibility index (Phi) is 4.25. The zero-order chi connectivity index (χ0) is 16.5. The van der Waals surface area contributed by atoms with Gasteiger partial charge in [0.05, 0.1) is 23.0 Å². The van der Waals surface area contributed by atoms with Crippen molar-refractivity contribution >= 4 is 40.4 Å². The molecule has 4 nitrogen and oxygen atoms in total. The zero-order valence-electron chi connectivity index (χ0n) is 13.0. The molecule has 0 radical (unpaired) electrons. The van der Waals surface area contributed by atoms with E-state index in [4.69, 9.17) is 33.2 Å². The molecule has 2 aliphatic rings. The molecule has 0 saturated carbocycles. The molecule has 0 bridgehead atoms. The van der Waals surface area contributed by atoms with Crippen LogP contribution in [0.3, 0.4) is 0 Å². The molecule has 0 N–H and O–H groups in total. The fourth-order valence-corrected chi connectivity index (χ4v) is 3.48. The Bertz CT molecular complexity index is 839. The highest BCUT2D eigenvalue weighted by Gasteiger charge is 2.23. The molecule has 2 aliphatic heterocycles. The fraction of sp³-hybridized carbons (Fsp3) is 0.278. The van der Waals surface area contributed by atoms with E-state index in [2.05, 4.69) is 9.88 Å². The average Bonchev–Trinajstić information content (AvgIpc) is 3.05. The zero-order valence-corrected chi connectivity index (χ0v) is 14.6. The first-order valence-electron chi connectivity index (χ1n) is 8.01. The van der Waals surface area contributed by atoms with Gasteiger partial charge in [-0.1, -0.05) is 41.4 Å². The fourth-order valence-electron chi connectivity index (χ4n) is 3.10. The van der Waals surface area contributed by atoms with Gasteiger partial charge < -0.3 is 4.90 Å². The van der Waals surface area contributed by atoms with Crippen LogP contribution < -0.4 is 0 Å². The molecule has 3 heterocycles. The summed E-state index contributed by atoms with van der Waals surface area (Å²) in [5.74, 6) is 0.986. The molecule has 1 saturated heterocycles. The summed E-state index contributed by atoms with van der Waals surface area (Å²) < 4.78 is 0. The maximum absolute atomic E-state index is 6.39. The summed E-state index contributed by atoms with van der Waals surface area (Å²) >= 11 is 12.5. The highest BCUT2D eigenvalue weighted by atomic mass is 35.5. The maximum Gasteiger partial charge on any atom is 0.130 e. The van der Waals surface area contributed by atoms with Gasteiger partial charge in [-0.25, -0.2) is 9.98 Å². The molecule has 0 aliphatic carbocycles. The first-order chi connectivity index (χ1) is 11.7. The van der Waals surface area contributed by atoms with Crippen LogP contribution in [0.15, 0.2) is 46.4 Å². The molecule has 0 atom stereocenters. The van der Waals surface area contributed by atoms with Crippen LogP contribution in [0.4, 0.5) is 5.69 Å². The molecule has 1 aromatic heterocycles. The van der Waals surface area contributed by atoms with Crippen molar-refractivity contribution in [3.63, 3.8) is 0 Å². The van der Waals surface area contributed by atoms with Crippen molar-refractivity contribution in [1.82, 2.24) is 9.88 Å². The number of fused-ring (bicyclic) bond motifs is 1. The lowest BCUT2D eigenvalue weighted by Gasteiger charge is -2.17. The van der Waals surface area contributed by atoms with Gasteiger partial charge in [0.1, 0.15) is 16.7 Å². The van der Waals surface area contributed by atoms with E-state index >= 15 is 0 Å². The second kappa shape index (κ2) is 6.54. The normalized spacial score (nSPS) is 17.2. The van der Waals surface area contributed by atoms with Gasteiger partial charge in [-0.15, -0.1) is 0 Å². The average molecular weight is 359 g/mol. The van der Waals surface area contributed by atoms with Gasteiger partial charge in [0.2, 0.25) is 0 Å². The van der Waals surface area contributed by atoms with Gasteiger partial charge in [0.15, 0.2) is 0 Å². The molecule has 0 amide bonds. The monoisotopic (exact) mass is 358 g/mol. The summed E-state index contributed by atoms with van der Waals surface area (Å²) in [6, 6.07) is 11.3. The van der Waals surface area contributed by atoms with E-state index < -0.39 is 0 Å². The number of aromatic nitrogens is 1. The molecule has 6 heteroatoms. The topological polar surface area (TPSA) is 40.9 Å². The Morgan fingerprint density at radius 2 is 1.75 bits per heavy atom. The number of amidine groups is 1. The number of aliphatic imine (C=N–C) groups is 2. The van der Waals surface area contributed by atoms with Crippen molar-refractivity contribution in [2.24, 2.45) is 9.98 Å². The van der Waals surface area contributed by atoms with Crippen LogP contribution in [0.25, 0.3) is 0 Å². The van der Waals surface area contributed by atoms with E-state index in [1.807, 2.05) is 30.3 Å².